The van der Waals surface area contributed by atoms with Gasteiger partial charge in [0.15, 0.2) is 17.8 Å². The van der Waals surface area contributed by atoms with E-state index in [0.717, 1.165) is 5.56 Å². The summed E-state index contributed by atoms with van der Waals surface area (Å²) in [6, 6.07) is 3.34. The van der Waals surface area contributed by atoms with E-state index < -0.39 is 0 Å². The minimum absolute atomic E-state index is 0.0315. The number of carbonyl (C=O) groups excluding carboxylic acids is 2. The van der Waals surface area contributed by atoms with Crippen molar-refractivity contribution in [3.05, 3.63) is 23.3 Å². The molecule has 4 nitrogen and oxygen atoms in total. The molecule has 0 amide bonds. The van der Waals surface area contributed by atoms with Gasteiger partial charge in [-0.15, -0.1) is 0 Å². The highest BCUT2D eigenvalue weighted by molar-refractivity contribution is 5.84. The van der Waals surface area contributed by atoms with Crippen LogP contribution in [-0.2, 0) is 11.2 Å². The van der Waals surface area contributed by atoms with Gasteiger partial charge < -0.3 is 9.47 Å². The van der Waals surface area contributed by atoms with Gasteiger partial charge in [-0.3, -0.25) is 9.59 Å². The molecule has 0 unspecified atom stereocenters. The highest BCUT2D eigenvalue weighted by Gasteiger charge is 2.12. The predicted molar refractivity (Wildman–Crippen MR) is 59.3 cm³/mol. The van der Waals surface area contributed by atoms with E-state index in [1.165, 1.54) is 21.1 Å². The molecule has 0 aromatic heterocycles. The van der Waals surface area contributed by atoms with Crippen molar-refractivity contribution in [1.82, 2.24) is 0 Å². The first-order valence-electron chi connectivity index (χ1n) is 4.82. The third-order valence-electron chi connectivity index (χ3n) is 2.15. The van der Waals surface area contributed by atoms with E-state index in [4.69, 9.17) is 9.47 Å². The molecule has 0 saturated carbocycles. The molecule has 0 aliphatic heterocycles. The van der Waals surface area contributed by atoms with E-state index >= 15 is 0 Å². The van der Waals surface area contributed by atoms with Gasteiger partial charge >= 0.3 is 0 Å². The Balaban J connectivity index is 3.25. The number of carbonyl (C=O) groups is 2. The van der Waals surface area contributed by atoms with Gasteiger partial charge in [0.05, 0.1) is 19.8 Å². The van der Waals surface area contributed by atoms with Crippen LogP contribution in [0.4, 0.5) is 0 Å². The fraction of sp³-hybridized carbons (Fsp3) is 0.333. The number of hydrogen-bond acceptors (Lipinski definition) is 4. The molecular formula is C12H14O4. The Morgan fingerprint density at radius 2 is 2.00 bits per heavy atom. The van der Waals surface area contributed by atoms with Crippen molar-refractivity contribution in [1.29, 1.82) is 0 Å². The lowest BCUT2D eigenvalue weighted by molar-refractivity contribution is -0.116. The fourth-order valence-electron chi connectivity index (χ4n) is 1.53. The smallest absolute Gasteiger partial charge is 0.171 e. The molecule has 0 atom stereocenters. The molecule has 0 saturated heterocycles. The summed E-state index contributed by atoms with van der Waals surface area (Å²) in [6.45, 7) is 1.50. The van der Waals surface area contributed by atoms with Gasteiger partial charge in [-0.2, -0.15) is 0 Å². The molecule has 0 radical (unpaired) electrons. The molecular weight excluding hydrogens is 208 g/mol. The van der Waals surface area contributed by atoms with Crippen LogP contribution < -0.4 is 9.47 Å². The first kappa shape index (κ1) is 12.2. The van der Waals surface area contributed by atoms with Crippen molar-refractivity contribution >= 4 is 12.1 Å². The van der Waals surface area contributed by atoms with Crippen LogP contribution in [0.15, 0.2) is 12.1 Å². The number of ether oxygens (including phenoxy) is 2. The van der Waals surface area contributed by atoms with Crippen LogP contribution in [0, 0.1) is 0 Å². The Hall–Kier alpha value is -1.84. The zero-order chi connectivity index (χ0) is 12.1. The molecule has 1 aromatic carbocycles. The van der Waals surface area contributed by atoms with E-state index in [1.807, 2.05) is 0 Å². The van der Waals surface area contributed by atoms with Crippen molar-refractivity contribution in [2.45, 2.75) is 13.3 Å². The second kappa shape index (κ2) is 5.30. The molecule has 1 rings (SSSR count). The zero-order valence-electron chi connectivity index (χ0n) is 9.57. The van der Waals surface area contributed by atoms with Crippen molar-refractivity contribution in [3.8, 4) is 11.5 Å². The second-order valence-corrected chi connectivity index (χ2v) is 3.42. The van der Waals surface area contributed by atoms with Crippen molar-refractivity contribution < 1.29 is 19.1 Å². The molecule has 0 aliphatic rings. The Bertz CT molecular complexity index is 410. The van der Waals surface area contributed by atoms with Crippen LogP contribution in [0.1, 0.15) is 22.8 Å². The monoisotopic (exact) mass is 222 g/mol. The van der Waals surface area contributed by atoms with E-state index in [2.05, 4.69) is 0 Å². The van der Waals surface area contributed by atoms with Crippen LogP contribution in [-0.4, -0.2) is 26.3 Å². The summed E-state index contributed by atoms with van der Waals surface area (Å²) in [6.07, 6.45) is 0.964. The Morgan fingerprint density at radius 3 is 2.44 bits per heavy atom. The highest BCUT2D eigenvalue weighted by atomic mass is 16.5. The maximum absolute atomic E-state index is 11.0. The fourth-order valence-corrected chi connectivity index (χ4v) is 1.53. The average molecular weight is 222 g/mol. The number of aldehydes is 1. The Kier molecular flexibility index (Phi) is 4.05. The number of methoxy groups -OCH3 is 2. The summed E-state index contributed by atoms with van der Waals surface area (Å²) >= 11 is 0. The summed E-state index contributed by atoms with van der Waals surface area (Å²) in [7, 11) is 2.96. The first-order chi connectivity index (χ1) is 7.62. The Morgan fingerprint density at radius 1 is 1.31 bits per heavy atom. The lowest BCUT2D eigenvalue weighted by atomic mass is 10.1. The number of ketones is 1. The summed E-state index contributed by atoms with van der Waals surface area (Å²) < 4.78 is 10.2. The van der Waals surface area contributed by atoms with Crippen LogP contribution in [0.3, 0.4) is 0 Å². The quantitative estimate of drug-likeness (QED) is 0.711. The van der Waals surface area contributed by atoms with Crippen molar-refractivity contribution in [2.24, 2.45) is 0 Å². The highest BCUT2D eigenvalue weighted by Crippen LogP contribution is 2.31. The maximum Gasteiger partial charge on any atom is 0.171 e. The Labute approximate surface area is 94.2 Å². The predicted octanol–water partition coefficient (Wildman–Crippen LogP) is 1.65. The van der Waals surface area contributed by atoms with Gasteiger partial charge in [0.1, 0.15) is 5.78 Å². The van der Waals surface area contributed by atoms with Crippen LogP contribution in [0.5, 0.6) is 11.5 Å². The number of Topliss-reactive ketones (excluding diaryl/α,β-unsaturated/α-hetero) is 1. The molecule has 4 heteroatoms. The van der Waals surface area contributed by atoms with Gasteiger partial charge in [-0.25, -0.2) is 0 Å². The lowest BCUT2D eigenvalue weighted by Crippen LogP contribution is -2.01. The largest absolute Gasteiger partial charge is 0.493 e. The summed E-state index contributed by atoms with van der Waals surface area (Å²) in [5, 5.41) is 0. The third-order valence-corrected chi connectivity index (χ3v) is 2.15. The maximum atomic E-state index is 11.0. The number of benzene rings is 1. The van der Waals surface area contributed by atoms with Gasteiger partial charge in [-0.05, 0) is 24.6 Å². The number of rotatable bonds is 5. The van der Waals surface area contributed by atoms with Gasteiger partial charge in [0.25, 0.3) is 0 Å². The summed E-state index contributed by atoms with van der Waals surface area (Å²) in [5.41, 5.74) is 1.13. The first-order valence-corrected chi connectivity index (χ1v) is 4.82. The molecule has 0 spiro atoms. The molecule has 86 valence electrons. The molecule has 0 N–H and O–H groups in total. The second-order valence-electron chi connectivity index (χ2n) is 3.42. The standard InChI is InChI=1S/C12H14O4/c1-8(14)4-9-5-10(7-13)12(16-3)11(6-9)15-2/h5-7H,4H2,1-3H3. The number of hydrogen-bond donors (Lipinski definition) is 0. The lowest BCUT2D eigenvalue weighted by Gasteiger charge is -2.11. The summed E-state index contributed by atoms with van der Waals surface area (Å²) in [5.74, 6) is 0.886. The molecule has 0 aliphatic carbocycles. The molecule has 0 fully saturated rings. The molecule has 0 heterocycles. The van der Waals surface area contributed by atoms with Crippen LogP contribution in [0.25, 0.3) is 0 Å². The summed E-state index contributed by atoms with van der Waals surface area (Å²) in [4.78, 5) is 21.9. The topological polar surface area (TPSA) is 52.6 Å². The SMILES string of the molecule is COc1cc(CC(C)=O)cc(C=O)c1OC. The third kappa shape index (κ3) is 2.59. The normalized spacial score (nSPS) is 9.69. The van der Waals surface area contributed by atoms with E-state index in [1.54, 1.807) is 12.1 Å². The minimum Gasteiger partial charge on any atom is -0.493 e. The van der Waals surface area contributed by atoms with Gasteiger partial charge in [0.2, 0.25) is 0 Å². The van der Waals surface area contributed by atoms with Crippen LogP contribution >= 0.6 is 0 Å². The van der Waals surface area contributed by atoms with Gasteiger partial charge in [-0.1, -0.05) is 0 Å². The van der Waals surface area contributed by atoms with Crippen molar-refractivity contribution in [2.75, 3.05) is 14.2 Å². The van der Waals surface area contributed by atoms with Crippen LogP contribution in [0.2, 0.25) is 0 Å². The van der Waals surface area contributed by atoms with E-state index in [0.29, 0.717) is 23.3 Å². The molecule has 16 heavy (non-hydrogen) atoms. The minimum atomic E-state index is 0.0315. The van der Waals surface area contributed by atoms with E-state index in [-0.39, 0.29) is 12.2 Å². The molecule has 0 bridgehead atoms. The molecule has 1 aromatic rings. The zero-order valence-corrected chi connectivity index (χ0v) is 9.57. The van der Waals surface area contributed by atoms with E-state index in [9.17, 15) is 9.59 Å². The average Bonchev–Trinajstić information content (AvgIpc) is 2.26. The van der Waals surface area contributed by atoms with Crippen molar-refractivity contribution in [3.63, 3.8) is 0 Å². The van der Waals surface area contributed by atoms with Gasteiger partial charge in [0, 0.05) is 6.42 Å².